The van der Waals surface area contributed by atoms with Gasteiger partial charge in [0.05, 0.1) is 6.21 Å². The highest BCUT2D eigenvalue weighted by atomic mass is 127. The van der Waals surface area contributed by atoms with Crippen LogP contribution in [0, 0.1) is 3.57 Å². The number of aromatic hydroxyl groups is 2. The molecule has 0 atom stereocenters. The number of carbonyl (C=O) groups is 1. The molecule has 0 aliphatic carbocycles. The first-order chi connectivity index (χ1) is 9.58. The number of rotatable bonds is 3. The Morgan fingerprint density at radius 1 is 1.20 bits per heavy atom. The molecule has 0 spiro atoms. The van der Waals surface area contributed by atoms with E-state index in [0.29, 0.717) is 11.1 Å². The molecule has 2 aromatic rings. The zero-order valence-electron chi connectivity index (χ0n) is 10.2. The first kappa shape index (κ1) is 14.3. The summed E-state index contributed by atoms with van der Waals surface area (Å²) in [5.41, 5.74) is 3.16. The molecule has 102 valence electrons. The zero-order chi connectivity index (χ0) is 14.5. The van der Waals surface area contributed by atoms with Crippen molar-refractivity contribution in [2.75, 3.05) is 0 Å². The molecule has 0 saturated heterocycles. The Morgan fingerprint density at radius 3 is 2.70 bits per heavy atom. The Balaban J connectivity index is 2.07. The van der Waals surface area contributed by atoms with E-state index in [1.165, 1.54) is 12.3 Å². The van der Waals surface area contributed by atoms with Crippen LogP contribution in [0.15, 0.2) is 47.6 Å². The molecule has 2 aromatic carbocycles. The van der Waals surface area contributed by atoms with Crippen LogP contribution in [0.25, 0.3) is 0 Å². The van der Waals surface area contributed by atoms with Gasteiger partial charge in [-0.1, -0.05) is 12.1 Å². The van der Waals surface area contributed by atoms with Crippen molar-refractivity contribution in [3.63, 3.8) is 0 Å². The average Bonchev–Trinajstić information content (AvgIpc) is 2.43. The molecule has 5 nitrogen and oxygen atoms in total. The van der Waals surface area contributed by atoms with E-state index in [9.17, 15) is 15.0 Å². The number of carbonyl (C=O) groups excluding carboxylic acids is 1. The van der Waals surface area contributed by atoms with Gasteiger partial charge in [0.15, 0.2) is 11.5 Å². The van der Waals surface area contributed by atoms with Crippen molar-refractivity contribution in [2.45, 2.75) is 0 Å². The highest BCUT2D eigenvalue weighted by Gasteiger charge is 2.05. The Bertz CT molecular complexity index is 671. The minimum atomic E-state index is -0.348. The molecule has 0 heterocycles. The lowest BCUT2D eigenvalue weighted by Crippen LogP contribution is -2.17. The van der Waals surface area contributed by atoms with Crippen LogP contribution in [0.5, 0.6) is 11.5 Å². The van der Waals surface area contributed by atoms with E-state index in [0.717, 1.165) is 3.57 Å². The van der Waals surface area contributed by atoms with Crippen molar-refractivity contribution in [3.05, 3.63) is 57.2 Å². The molecule has 20 heavy (non-hydrogen) atoms. The number of phenolic OH excluding ortho intramolecular Hbond substituents is 2. The van der Waals surface area contributed by atoms with Gasteiger partial charge in [0.1, 0.15) is 0 Å². The molecule has 0 fully saturated rings. The topological polar surface area (TPSA) is 81.9 Å². The Hall–Kier alpha value is -2.09. The van der Waals surface area contributed by atoms with Crippen LogP contribution in [0.1, 0.15) is 15.9 Å². The van der Waals surface area contributed by atoms with E-state index in [1.54, 1.807) is 30.3 Å². The van der Waals surface area contributed by atoms with E-state index < -0.39 is 0 Å². The molecule has 0 aromatic heterocycles. The molecule has 3 N–H and O–H groups in total. The van der Waals surface area contributed by atoms with Gasteiger partial charge >= 0.3 is 0 Å². The number of para-hydroxylation sites is 1. The van der Waals surface area contributed by atoms with E-state index in [4.69, 9.17) is 0 Å². The summed E-state index contributed by atoms with van der Waals surface area (Å²) in [7, 11) is 0. The molecular weight excluding hydrogens is 371 g/mol. The molecule has 0 saturated carbocycles. The highest BCUT2D eigenvalue weighted by Crippen LogP contribution is 2.26. The predicted molar refractivity (Wildman–Crippen MR) is 84.0 cm³/mol. The third-order valence-corrected chi connectivity index (χ3v) is 3.17. The summed E-state index contributed by atoms with van der Waals surface area (Å²) in [5.74, 6) is -0.864. The summed E-state index contributed by atoms with van der Waals surface area (Å²) in [6.07, 6.45) is 1.26. The molecular formula is C14H11IN2O3. The van der Waals surface area contributed by atoms with Crippen LogP contribution in [0.3, 0.4) is 0 Å². The van der Waals surface area contributed by atoms with Gasteiger partial charge in [0.25, 0.3) is 5.91 Å². The summed E-state index contributed by atoms with van der Waals surface area (Å²) in [6, 6.07) is 11.6. The smallest absolute Gasteiger partial charge is 0.271 e. The van der Waals surface area contributed by atoms with Crippen LogP contribution in [0.4, 0.5) is 0 Å². The molecule has 0 bridgehead atoms. The van der Waals surface area contributed by atoms with Crippen LogP contribution in [-0.4, -0.2) is 22.3 Å². The summed E-state index contributed by atoms with van der Waals surface area (Å²) in [4.78, 5) is 11.8. The average molecular weight is 382 g/mol. The molecule has 2 rings (SSSR count). The van der Waals surface area contributed by atoms with Gasteiger partial charge in [-0.25, -0.2) is 5.43 Å². The van der Waals surface area contributed by atoms with E-state index in [2.05, 4.69) is 33.1 Å². The van der Waals surface area contributed by atoms with Gasteiger partial charge in [-0.05, 0) is 52.9 Å². The Labute approximate surface area is 129 Å². The largest absolute Gasteiger partial charge is 0.504 e. The molecule has 0 aliphatic rings. The minimum absolute atomic E-state index is 0.238. The summed E-state index contributed by atoms with van der Waals surface area (Å²) < 4.78 is 0.949. The van der Waals surface area contributed by atoms with Crippen molar-refractivity contribution in [3.8, 4) is 11.5 Å². The second kappa shape index (κ2) is 6.38. The van der Waals surface area contributed by atoms with Gasteiger partial charge < -0.3 is 10.2 Å². The zero-order valence-corrected chi connectivity index (χ0v) is 12.4. The number of hydrazone groups is 1. The fourth-order valence-corrected chi connectivity index (χ4v) is 2.05. The lowest BCUT2D eigenvalue weighted by molar-refractivity contribution is 0.0955. The number of hydrogen-bond acceptors (Lipinski definition) is 4. The maximum absolute atomic E-state index is 11.8. The fourth-order valence-electron chi connectivity index (χ4n) is 1.51. The monoisotopic (exact) mass is 382 g/mol. The van der Waals surface area contributed by atoms with Gasteiger partial charge in [0.2, 0.25) is 0 Å². The second-order valence-corrected chi connectivity index (χ2v) is 5.17. The summed E-state index contributed by atoms with van der Waals surface area (Å²) in [6.45, 7) is 0. The van der Waals surface area contributed by atoms with Crippen LogP contribution < -0.4 is 5.43 Å². The van der Waals surface area contributed by atoms with Crippen LogP contribution >= 0.6 is 22.6 Å². The van der Waals surface area contributed by atoms with E-state index in [1.807, 2.05) is 6.07 Å². The van der Waals surface area contributed by atoms with Gasteiger partial charge in [-0.2, -0.15) is 5.10 Å². The second-order valence-electron chi connectivity index (χ2n) is 3.92. The molecule has 0 radical (unpaired) electrons. The fraction of sp³-hybridized carbons (Fsp3) is 0. The number of nitrogens with zero attached hydrogens (tertiary/aromatic N) is 1. The Kier molecular flexibility index (Phi) is 4.57. The molecule has 6 heteroatoms. The van der Waals surface area contributed by atoms with Crippen LogP contribution in [-0.2, 0) is 0 Å². The third-order valence-electron chi connectivity index (χ3n) is 2.50. The maximum atomic E-state index is 11.8. The lowest BCUT2D eigenvalue weighted by atomic mass is 10.2. The molecule has 0 aliphatic heterocycles. The van der Waals surface area contributed by atoms with Crippen molar-refractivity contribution in [1.82, 2.24) is 5.43 Å². The van der Waals surface area contributed by atoms with Gasteiger partial charge in [0, 0.05) is 14.7 Å². The Morgan fingerprint density at radius 2 is 1.95 bits per heavy atom. The van der Waals surface area contributed by atoms with Crippen molar-refractivity contribution < 1.29 is 15.0 Å². The first-order valence-corrected chi connectivity index (χ1v) is 6.75. The lowest BCUT2D eigenvalue weighted by Gasteiger charge is -2.02. The third kappa shape index (κ3) is 3.47. The maximum Gasteiger partial charge on any atom is 0.271 e. The quantitative estimate of drug-likeness (QED) is 0.330. The van der Waals surface area contributed by atoms with E-state index in [-0.39, 0.29) is 17.4 Å². The number of nitrogens with one attached hydrogen (secondary N) is 1. The first-order valence-electron chi connectivity index (χ1n) is 5.68. The van der Waals surface area contributed by atoms with Crippen molar-refractivity contribution in [1.29, 1.82) is 0 Å². The van der Waals surface area contributed by atoms with E-state index >= 15 is 0 Å². The van der Waals surface area contributed by atoms with Crippen molar-refractivity contribution in [2.24, 2.45) is 5.10 Å². The van der Waals surface area contributed by atoms with Gasteiger partial charge in [-0.3, -0.25) is 4.79 Å². The number of phenols is 2. The van der Waals surface area contributed by atoms with Crippen molar-refractivity contribution >= 4 is 34.7 Å². The highest BCUT2D eigenvalue weighted by molar-refractivity contribution is 14.1. The minimum Gasteiger partial charge on any atom is -0.504 e. The number of halogens is 1. The molecule has 1 amide bonds. The molecule has 0 unspecified atom stereocenters. The number of hydrogen-bond donors (Lipinski definition) is 3. The van der Waals surface area contributed by atoms with Crippen LogP contribution in [0.2, 0.25) is 0 Å². The normalized spacial score (nSPS) is 10.7. The summed E-state index contributed by atoms with van der Waals surface area (Å²) >= 11 is 2.11. The SMILES string of the molecule is O=C(N/N=C\c1cccc(O)c1O)c1cccc(I)c1. The predicted octanol–water partition coefficient (Wildman–Crippen LogP) is 2.47. The number of benzene rings is 2. The standard InChI is InChI=1S/C14H11IN2O3/c15-11-5-1-3-9(7-11)14(20)17-16-8-10-4-2-6-12(18)13(10)19/h1-8,18-19H,(H,17,20)/b16-8-. The number of amides is 1. The summed E-state index contributed by atoms with van der Waals surface area (Å²) in [5, 5.41) is 22.6. The van der Waals surface area contributed by atoms with Gasteiger partial charge in [-0.15, -0.1) is 0 Å².